The average molecular weight is 554 g/mol. The van der Waals surface area contributed by atoms with E-state index in [0.717, 1.165) is 31.2 Å². The molecule has 0 radical (unpaired) electrons. The Kier molecular flexibility index (Phi) is 8.03. The van der Waals surface area contributed by atoms with Crippen molar-refractivity contribution in [3.63, 3.8) is 0 Å². The van der Waals surface area contributed by atoms with Gasteiger partial charge in [-0.25, -0.2) is 13.0 Å². The van der Waals surface area contributed by atoms with Crippen LogP contribution in [0.4, 0.5) is 5.69 Å². The van der Waals surface area contributed by atoms with Crippen LogP contribution in [0.25, 0.3) is 11.1 Å². The first kappa shape index (κ1) is 26.9. The first-order valence-electron chi connectivity index (χ1n) is 11.5. The van der Waals surface area contributed by atoms with Crippen molar-refractivity contribution in [3.05, 3.63) is 104 Å². The number of thioether (sulfide) groups is 1. The van der Waals surface area contributed by atoms with Crippen molar-refractivity contribution < 1.29 is 17.5 Å². The largest absolute Gasteiger partial charge is 0.744 e. The maximum absolute atomic E-state index is 13.1. The first-order valence-corrected chi connectivity index (χ1v) is 14.6. The van der Waals surface area contributed by atoms with Crippen LogP contribution in [0.3, 0.4) is 0 Å². The molecule has 0 saturated heterocycles. The van der Waals surface area contributed by atoms with E-state index in [-0.39, 0.29) is 10.5 Å². The molecule has 5 rings (SSSR count). The molecule has 4 aromatic rings. The quantitative estimate of drug-likeness (QED) is 0.287. The molecular weight excluding hydrogens is 527 g/mol. The van der Waals surface area contributed by atoms with E-state index in [4.69, 9.17) is 0 Å². The Bertz CT molecular complexity index is 1720. The smallest absolute Gasteiger partial charge is 0.271 e. The summed E-state index contributed by atoms with van der Waals surface area (Å²) in [5, 5.41) is 1.01. The lowest BCUT2D eigenvalue weighted by Gasteiger charge is -2.11. The van der Waals surface area contributed by atoms with Gasteiger partial charge in [-0.05, 0) is 44.2 Å². The molecule has 192 valence electrons. The molecule has 0 saturated carbocycles. The van der Waals surface area contributed by atoms with Crippen molar-refractivity contribution in [1.29, 1.82) is 0 Å². The summed E-state index contributed by atoms with van der Waals surface area (Å²) in [6.45, 7) is 4.50. The zero-order chi connectivity index (χ0) is 26.7. The topological polar surface area (TPSA) is 86.3 Å². The summed E-state index contributed by atoms with van der Waals surface area (Å²) in [6, 6.07) is 20.1. The fraction of sp³-hybridized carbons (Fsp3) is 0.185. The zero-order valence-electron chi connectivity index (χ0n) is 20.9. The Labute approximate surface area is 224 Å². The van der Waals surface area contributed by atoms with Crippen molar-refractivity contribution >= 4 is 50.0 Å². The number of thiazole rings is 1. The van der Waals surface area contributed by atoms with Gasteiger partial charge < -0.3 is 9.45 Å². The Morgan fingerprint density at radius 2 is 1.70 bits per heavy atom. The van der Waals surface area contributed by atoms with Gasteiger partial charge in [-0.2, -0.15) is 0 Å². The van der Waals surface area contributed by atoms with Crippen LogP contribution in [0, 0.1) is 6.92 Å². The monoisotopic (exact) mass is 553 g/mol. The Balaban J connectivity index is 0.000000245. The number of hydrogen-bond acceptors (Lipinski definition) is 7. The van der Waals surface area contributed by atoms with Gasteiger partial charge in [0, 0.05) is 36.7 Å². The highest BCUT2D eigenvalue weighted by atomic mass is 32.2. The summed E-state index contributed by atoms with van der Waals surface area (Å²) < 4.78 is 36.9. The number of fused-ring (bicyclic) bond motifs is 1. The molecule has 0 amide bonds. The lowest BCUT2D eigenvalue weighted by Crippen LogP contribution is -2.34. The highest BCUT2D eigenvalue weighted by molar-refractivity contribution is 8.08. The van der Waals surface area contributed by atoms with E-state index in [0.29, 0.717) is 6.54 Å². The van der Waals surface area contributed by atoms with Gasteiger partial charge in [0.2, 0.25) is 5.69 Å². The van der Waals surface area contributed by atoms with E-state index >= 15 is 0 Å². The van der Waals surface area contributed by atoms with E-state index in [1.54, 1.807) is 35.2 Å². The second-order valence-electron chi connectivity index (χ2n) is 8.40. The molecule has 7 nitrogen and oxygen atoms in total. The summed E-state index contributed by atoms with van der Waals surface area (Å²) in [5.41, 5.74) is 3.24. The van der Waals surface area contributed by atoms with Crippen LogP contribution in [-0.2, 0) is 23.7 Å². The minimum absolute atomic E-state index is 0.0875. The molecule has 0 fully saturated rings. The third-order valence-corrected chi connectivity index (χ3v) is 9.17. The second kappa shape index (κ2) is 11.1. The Hall–Kier alpha value is -3.18. The van der Waals surface area contributed by atoms with Crippen LogP contribution in [-0.4, -0.2) is 24.6 Å². The van der Waals surface area contributed by atoms with Crippen molar-refractivity contribution in [3.8, 4) is 0 Å². The molecule has 0 spiro atoms. The highest BCUT2D eigenvalue weighted by Crippen LogP contribution is 2.44. The fourth-order valence-corrected chi connectivity index (χ4v) is 6.72. The molecular formula is C27H27N3O4S3. The third kappa shape index (κ3) is 5.88. The SMILES string of the molecule is CCn1c(=Cc2cccc[n+]2C)s/c(=C2/Sc3ccccc3N2C)c1=O.Cc1ccc(S(=O)(=O)[O-])cc1. The molecule has 1 aliphatic rings. The fourth-order valence-electron chi connectivity index (χ4n) is 3.79. The van der Waals surface area contributed by atoms with Crippen LogP contribution in [0.15, 0.2) is 87.5 Å². The van der Waals surface area contributed by atoms with Gasteiger partial charge in [0.05, 0.1) is 10.6 Å². The normalized spacial score (nSPS) is 14.8. The van der Waals surface area contributed by atoms with Gasteiger partial charge in [-0.15, -0.1) is 11.3 Å². The molecule has 3 heterocycles. The molecule has 0 atom stereocenters. The van der Waals surface area contributed by atoms with E-state index < -0.39 is 10.1 Å². The molecule has 1 aliphatic heterocycles. The van der Waals surface area contributed by atoms with E-state index in [2.05, 4.69) is 33.7 Å². The summed E-state index contributed by atoms with van der Waals surface area (Å²) in [4.78, 5) is 16.2. The van der Waals surface area contributed by atoms with Crippen LogP contribution in [0.2, 0.25) is 0 Å². The van der Waals surface area contributed by atoms with Crippen LogP contribution in [0.1, 0.15) is 18.2 Å². The number of benzene rings is 2. The van der Waals surface area contributed by atoms with Gasteiger partial charge in [0.1, 0.15) is 31.4 Å². The molecule has 0 unspecified atom stereocenters. The van der Waals surface area contributed by atoms with Gasteiger partial charge in [-0.1, -0.05) is 41.6 Å². The van der Waals surface area contributed by atoms with Crippen LogP contribution < -0.4 is 24.2 Å². The van der Waals surface area contributed by atoms with Crippen molar-refractivity contribution in [1.82, 2.24) is 4.57 Å². The summed E-state index contributed by atoms with van der Waals surface area (Å²) in [7, 11) is -0.223. The summed E-state index contributed by atoms with van der Waals surface area (Å²) >= 11 is 3.24. The number of pyridine rings is 1. The van der Waals surface area contributed by atoms with E-state index in [9.17, 15) is 17.8 Å². The predicted molar refractivity (Wildman–Crippen MR) is 148 cm³/mol. The van der Waals surface area contributed by atoms with Gasteiger partial charge in [0.15, 0.2) is 6.20 Å². The number of rotatable bonds is 3. The first-order chi connectivity index (χ1) is 17.6. The zero-order valence-corrected chi connectivity index (χ0v) is 23.4. The Morgan fingerprint density at radius 3 is 2.32 bits per heavy atom. The number of nitrogens with zero attached hydrogens (tertiary/aromatic N) is 3. The molecule has 2 aromatic heterocycles. The molecule has 10 heteroatoms. The van der Waals surface area contributed by atoms with E-state index in [1.165, 1.54) is 17.0 Å². The molecule has 0 aliphatic carbocycles. The van der Waals surface area contributed by atoms with Crippen LogP contribution in [0.5, 0.6) is 0 Å². The van der Waals surface area contributed by atoms with Gasteiger partial charge in [-0.3, -0.25) is 9.36 Å². The Morgan fingerprint density at radius 1 is 1.03 bits per heavy atom. The summed E-state index contributed by atoms with van der Waals surface area (Å²) in [5.74, 6) is 0. The summed E-state index contributed by atoms with van der Waals surface area (Å²) in [6.07, 6.45) is 4.10. The van der Waals surface area contributed by atoms with Crippen molar-refractivity contribution in [2.24, 2.45) is 7.05 Å². The number of anilines is 1. The maximum Gasteiger partial charge on any atom is 0.271 e. The molecule has 37 heavy (non-hydrogen) atoms. The molecule has 0 bridgehead atoms. The second-order valence-corrected chi connectivity index (χ2v) is 11.8. The molecule has 0 N–H and O–H groups in total. The highest BCUT2D eigenvalue weighted by Gasteiger charge is 2.24. The maximum atomic E-state index is 13.1. The third-order valence-electron chi connectivity index (χ3n) is 5.84. The minimum atomic E-state index is -4.27. The molecule has 2 aromatic carbocycles. The number of aryl methyl sites for hydroxylation is 2. The predicted octanol–water partition coefficient (Wildman–Crippen LogP) is 2.79. The lowest BCUT2D eigenvalue weighted by molar-refractivity contribution is -0.673. The number of para-hydroxylation sites is 1. The van der Waals surface area contributed by atoms with E-state index in [1.807, 2.05) is 63.0 Å². The number of hydrogen-bond donors (Lipinski definition) is 0. The van der Waals surface area contributed by atoms with Gasteiger partial charge >= 0.3 is 0 Å². The van der Waals surface area contributed by atoms with Gasteiger partial charge in [0.25, 0.3) is 5.56 Å². The number of aromatic nitrogens is 2. The lowest BCUT2D eigenvalue weighted by atomic mass is 10.2. The standard InChI is InChI=1S/C20H20N3OS2.C7H8O3S/c1-4-23-17(13-14-9-7-8-12-21(14)2)26-18(19(23)24)20-22(3)15-10-5-6-11-16(15)25-20;1-6-2-4-7(5-3-6)11(8,9)10/h5-13H,4H2,1-3H3;2-5H,1H3,(H,8,9,10)/q+1;/p-1/b20-18+;. The van der Waals surface area contributed by atoms with Crippen LogP contribution >= 0.6 is 23.1 Å². The van der Waals surface area contributed by atoms with Crippen molar-refractivity contribution in [2.75, 3.05) is 11.9 Å². The average Bonchev–Trinajstić information content (AvgIpc) is 3.36. The minimum Gasteiger partial charge on any atom is -0.744 e. The van der Waals surface area contributed by atoms with Crippen molar-refractivity contribution in [2.45, 2.75) is 30.2 Å².